The van der Waals surface area contributed by atoms with Gasteiger partial charge < -0.3 is 14.1 Å². The summed E-state index contributed by atoms with van der Waals surface area (Å²) in [6.45, 7) is 0. The fraction of sp³-hybridized carbons (Fsp3) is 0. The second-order valence-corrected chi connectivity index (χ2v) is 14.2. The predicted molar refractivity (Wildman–Crippen MR) is 232 cm³/mol. The lowest BCUT2D eigenvalue weighted by Crippen LogP contribution is -2.17. The molecule has 0 atom stereocenters. The lowest BCUT2D eigenvalue weighted by Gasteiger charge is -2.10. The highest BCUT2D eigenvalue weighted by molar-refractivity contribution is 6.13. The largest absolute Gasteiger partial charge is 0.323 e. The van der Waals surface area contributed by atoms with E-state index in [1.165, 1.54) is 10.8 Å². The van der Waals surface area contributed by atoms with Crippen LogP contribution in [0.5, 0.6) is 0 Å². The van der Waals surface area contributed by atoms with Gasteiger partial charge in [0.1, 0.15) is 0 Å². The van der Waals surface area contributed by atoms with Crippen LogP contribution in [0.25, 0.3) is 88.3 Å². The van der Waals surface area contributed by atoms with Gasteiger partial charge >= 0.3 is 0 Å². The normalized spacial score (nSPS) is 12.0. The number of hydrogen-bond acceptors (Lipinski definition) is 3. The first-order valence-electron chi connectivity index (χ1n) is 18.9. The highest BCUT2D eigenvalue weighted by Crippen LogP contribution is 2.38. The van der Waals surface area contributed by atoms with Gasteiger partial charge in [-0.2, -0.15) is 4.99 Å². The van der Waals surface area contributed by atoms with Crippen molar-refractivity contribution in [2.24, 2.45) is 4.99 Å². The standard InChI is InChI=1S/C50H33N7/c51-49(55-50-53-43-20-7-4-19-40(43)48(54-50)32-12-2-1-3-13-32)35-14-10-15-36(28-35)56-44-21-8-5-17-38(44)41-29-33(23-25-46(41)56)34-24-26-47-42(30-34)39-18-6-9-22-45(39)57(47)37-16-11-27-52-31-37/h1-31H,(H2,51,53,54,55). The number of benzene rings is 7. The van der Waals surface area contributed by atoms with Gasteiger partial charge in [0.25, 0.3) is 0 Å². The maximum atomic E-state index is 9.14. The van der Waals surface area contributed by atoms with Crippen LogP contribution in [0.15, 0.2) is 193 Å². The van der Waals surface area contributed by atoms with Gasteiger partial charge in [-0.25, -0.2) is 4.98 Å². The van der Waals surface area contributed by atoms with E-state index in [0.717, 1.165) is 77.5 Å². The molecule has 0 saturated carbocycles. The highest BCUT2D eigenvalue weighted by atomic mass is 15.0. The minimum Gasteiger partial charge on any atom is -0.323 e. The van der Waals surface area contributed by atoms with Crippen molar-refractivity contribution in [1.82, 2.24) is 24.1 Å². The molecule has 0 saturated heterocycles. The highest BCUT2D eigenvalue weighted by Gasteiger charge is 2.17. The number of nitrogens with one attached hydrogen (secondary N) is 2. The molecule has 4 aromatic heterocycles. The first kappa shape index (κ1) is 32.5. The molecule has 11 rings (SSSR count). The molecule has 0 bridgehead atoms. The minimum absolute atomic E-state index is 0.123. The summed E-state index contributed by atoms with van der Waals surface area (Å²) in [5.74, 6) is 0.123. The summed E-state index contributed by atoms with van der Waals surface area (Å²) in [5.41, 5.74) is 12.6. The van der Waals surface area contributed by atoms with E-state index >= 15 is 0 Å². The van der Waals surface area contributed by atoms with Crippen LogP contribution in [-0.4, -0.2) is 29.9 Å². The van der Waals surface area contributed by atoms with Crippen molar-refractivity contribution in [2.75, 3.05) is 0 Å². The third kappa shape index (κ3) is 5.44. The number of aromatic amines is 1. The van der Waals surface area contributed by atoms with Gasteiger partial charge in [-0.1, -0.05) is 109 Å². The van der Waals surface area contributed by atoms with E-state index in [0.29, 0.717) is 11.2 Å². The van der Waals surface area contributed by atoms with Crippen molar-refractivity contribution in [3.05, 3.63) is 199 Å². The van der Waals surface area contributed by atoms with E-state index in [4.69, 9.17) is 15.4 Å². The third-order valence-electron chi connectivity index (χ3n) is 10.9. The zero-order valence-corrected chi connectivity index (χ0v) is 30.6. The maximum absolute atomic E-state index is 9.14. The molecule has 268 valence electrons. The molecular formula is C50H33N7. The average molecular weight is 732 g/mol. The molecule has 57 heavy (non-hydrogen) atoms. The van der Waals surface area contributed by atoms with E-state index in [2.05, 4.69) is 122 Å². The number of aromatic nitrogens is 5. The Morgan fingerprint density at radius 3 is 1.77 bits per heavy atom. The van der Waals surface area contributed by atoms with E-state index in [1.807, 2.05) is 85.2 Å². The zero-order valence-electron chi connectivity index (χ0n) is 30.6. The van der Waals surface area contributed by atoms with Crippen LogP contribution in [-0.2, 0) is 0 Å². The number of rotatable bonds is 5. The van der Waals surface area contributed by atoms with E-state index in [1.54, 1.807) is 0 Å². The van der Waals surface area contributed by atoms with Crippen LogP contribution in [0.1, 0.15) is 5.56 Å². The summed E-state index contributed by atoms with van der Waals surface area (Å²) in [6.07, 6.45) is 3.73. The van der Waals surface area contributed by atoms with Crippen LogP contribution >= 0.6 is 0 Å². The molecule has 0 aliphatic rings. The fourth-order valence-electron chi connectivity index (χ4n) is 8.29. The van der Waals surface area contributed by atoms with Crippen molar-refractivity contribution in [3.63, 3.8) is 0 Å². The lowest BCUT2D eigenvalue weighted by atomic mass is 10.0. The number of H-pyrrole nitrogens is 1. The Hall–Kier alpha value is -7.90. The Morgan fingerprint density at radius 1 is 0.491 bits per heavy atom. The van der Waals surface area contributed by atoms with Gasteiger partial charge in [0, 0.05) is 49.9 Å². The Kier molecular flexibility index (Phi) is 7.50. The number of pyridine rings is 1. The van der Waals surface area contributed by atoms with Crippen molar-refractivity contribution in [2.45, 2.75) is 0 Å². The monoisotopic (exact) mass is 731 g/mol. The summed E-state index contributed by atoms with van der Waals surface area (Å²) in [5, 5.41) is 14.9. The number of fused-ring (bicyclic) bond motifs is 7. The Morgan fingerprint density at radius 2 is 1.09 bits per heavy atom. The summed E-state index contributed by atoms with van der Waals surface area (Å²) in [7, 11) is 0. The number of hydrogen-bond donors (Lipinski definition) is 2. The molecule has 4 heterocycles. The predicted octanol–water partition coefficient (Wildman–Crippen LogP) is 11.4. The topological polar surface area (TPSA) is 87.6 Å². The summed E-state index contributed by atoms with van der Waals surface area (Å²) >= 11 is 0. The number of nitrogens with zero attached hydrogens (tertiary/aromatic N) is 5. The van der Waals surface area contributed by atoms with Gasteiger partial charge in [0.2, 0.25) is 5.62 Å². The Bertz CT molecular complexity index is 3430. The molecule has 0 fully saturated rings. The van der Waals surface area contributed by atoms with Crippen molar-refractivity contribution >= 4 is 60.4 Å². The molecule has 7 nitrogen and oxygen atoms in total. The van der Waals surface area contributed by atoms with Gasteiger partial charge in [-0.3, -0.25) is 10.4 Å². The fourth-order valence-corrected chi connectivity index (χ4v) is 8.29. The number of para-hydroxylation sites is 3. The van der Waals surface area contributed by atoms with E-state index in [-0.39, 0.29) is 5.84 Å². The maximum Gasteiger partial charge on any atom is 0.229 e. The second-order valence-electron chi connectivity index (χ2n) is 14.2. The quantitative estimate of drug-likeness (QED) is 0.136. The lowest BCUT2D eigenvalue weighted by molar-refractivity contribution is 1.05. The first-order valence-corrected chi connectivity index (χ1v) is 18.9. The van der Waals surface area contributed by atoms with Gasteiger partial charge in [0.05, 0.1) is 45.2 Å². The van der Waals surface area contributed by atoms with Gasteiger partial charge in [-0.05, 0) is 77.9 Å². The summed E-state index contributed by atoms with van der Waals surface area (Å²) in [4.78, 5) is 17.4. The van der Waals surface area contributed by atoms with Crippen molar-refractivity contribution < 1.29 is 0 Å². The van der Waals surface area contributed by atoms with Crippen molar-refractivity contribution in [3.8, 4) is 33.8 Å². The molecule has 0 aliphatic heterocycles. The number of amidine groups is 1. The van der Waals surface area contributed by atoms with Crippen LogP contribution in [0.3, 0.4) is 0 Å². The first-order chi connectivity index (χ1) is 28.2. The van der Waals surface area contributed by atoms with Crippen LogP contribution in [0, 0.1) is 5.41 Å². The molecule has 7 heteroatoms. The Labute approximate surface area is 327 Å². The SMILES string of the molecule is N=C(/N=c1/nc(-c2ccccc2)c2ccccc2[nH]1)c1cccc(-n2c3ccccc3c3cc(-c4ccc5c(c4)c4ccccc4n5-c4cccnc4)ccc32)c1. The molecule has 2 N–H and O–H groups in total. The second kappa shape index (κ2) is 13.1. The van der Waals surface area contributed by atoms with E-state index in [9.17, 15) is 0 Å². The molecule has 11 aromatic rings. The molecule has 0 spiro atoms. The smallest absolute Gasteiger partial charge is 0.229 e. The van der Waals surface area contributed by atoms with Crippen molar-refractivity contribution in [1.29, 1.82) is 5.41 Å². The van der Waals surface area contributed by atoms with Crippen LogP contribution < -0.4 is 5.62 Å². The van der Waals surface area contributed by atoms with Crippen LogP contribution in [0.2, 0.25) is 0 Å². The van der Waals surface area contributed by atoms with E-state index < -0.39 is 0 Å². The third-order valence-corrected chi connectivity index (χ3v) is 10.9. The molecule has 0 aliphatic carbocycles. The molecule has 0 amide bonds. The molecular weight excluding hydrogens is 699 g/mol. The van der Waals surface area contributed by atoms with Gasteiger partial charge in [0.15, 0.2) is 5.84 Å². The molecule has 7 aromatic carbocycles. The zero-order chi connectivity index (χ0) is 37.9. The minimum atomic E-state index is 0.123. The molecule has 0 unspecified atom stereocenters. The Balaban J connectivity index is 1.01. The summed E-state index contributed by atoms with van der Waals surface area (Å²) in [6, 6.07) is 60.9. The molecule has 0 radical (unpaired) electrons. The summed E-state index contributed by atoms with van der Waals surface area (Å²) < 4.78 is 4.57. The average Bonchev–Trinajstić information content (AvgIpc) is 3.79. The van der Waals surface area contributed by atoms with Gasteiger partial charge in [-0.15, -0.1) is 0 Å². The van der Waals surface area contributed by atoms with Crippen LogP contribution in [0.4, 0.5) is 0 Å².